The van der Waals surface area contributed by atoms with Crippen molar-refractivity contribution < 1.29 is 9.53 Å². The quantitative estimate of drug-likeness (QED) is 0.587. The second kappa shape index (κ2) is 6.28. The molecule has 0 amide bonds. The van der Waals surface area contributed by atoms with Crippen molar-refractivity contribution >= 4 is 35.5 Å². The summed E-state index contributed by atoms with van der Waals surface area (Å²) in [7, 11) is -0.503. The largest absolute Gasteiger partial charge is 0.469 e. The van der Waals surface area contributed by atoms with E-state index in [1.54, 1.807) is 0 Å². The molecule has 24 heavy (non-hydrogen) atoms. The van der Waals surface area contributed by atoms with Crippen LogP contribution in [-0.4, -0.2) is 26.1 Å². The van der Waals surface area contributed by atoms with E-state index in [0.717, 1.165) is 16.5 Å². The monoisotopic (exact) mass is 337 g/mol. The van der Waals surface area contributed by atoms with Gasteiger partial charge in [-0.15, -0.1) is 0 Å². The molecule has 1 heterocycles. The Hall–Kier alpha value is -2.33. The van der Waals surface area contributed by atoms with Gasteiger partial charge in [0.2, 0.25) is 0 Å². The molecule has 3 aromatic rings. The number of aryl methyl sites for hydroxylation is 1. The molecule has 1 aromatic heterocycles. The first-order valence-electron chi connectivity index (χ1n) is 8.18. The van der Waals surface area contributed by atoms with E-state index in [1.165, 1.54) is 23.2 Å². The number of esters is 1. The highest BCUT2D eigenvalue weighted by Crippen LogP contribution is 2.23. The number of aromatic nitrogens is 1. The van der Waals surface area contributed by atoms with Gasteiger partial charge in [0, 0.05) is 16.2 Å². The number of methoxy groups -OCH3 is 1. The molecule has 3 rings (SSSR count). The minimum Gasteiger partial charge on any atom is -0.469 e. The number of nitrogens with one attached hydrogen (secondary N) is 1. The van der Waals surface area contributed by atoms with E-state index >= 15 is 0 Å². The minimum atomic E-state index is -1.95. The topological polar surface area (TPSA) is 42.1 Å². The molecule has 0 saturated heterocycles. The summed E-state index contributed by atoms with van der Waals surface area (Å²) < 4.78 is 4.94. The fraction of sp³-hybridized carbons (Fsp3) is 0.250. The molecule has 0 unspecified atom stereocenters. The number of hydrogen-bond acceptors (Lipinski definition) is 2. The minimum absolute atomic E-state index is 0.198. The number of hydrogen-bond donors (Lipinski definition) is 1. The number of fused-ring (bicyclic) bond motifs is 1. The van der Waals surface area contributed by atoms with Gasteiger partial charge in [0.05, 0.1) is 13.5 Å². The molecule has 0 saturated carbocycles. The third-order valence-electron chi connectivity index (χ3n) is 4.82. The van der Waals surface area contributed by atoms with Crippen LogP contribution in [0, 0.1) is 6.92 Å². The van der Waals surface area contributed by atoms with Crippen LogP contribution in [0.15, 0.2) is 48.5 Å². The summed E-state index contributed by atoms with van der Waals surface area (Å²) >= 11 is 0. The lowest BCUT2D eigenvalue weighted by Crippen LogP contribution is -2.55. The Morgan fingerprint density at radius 1 is 1.08 bits per heavy atom. The fourth-order valence-corrected chi connectivity index (χ4v) is 6.08. The van der Waals surface area contributed by atoms with E-state index in [9.17, 15) is 4.79 Å². The van der Waals surface area contributed by atoms with E-state index in [0.29, 0.717) is 6.42 Å². The standard InChI is InChI=1S/C20H23NO2Si/c1-14-9-8-12-16-17(13-18(22)23-2)20(21-19(14)16)24(3,4)15-10-6-5-7-11-15/h5-12,21H,13H2,1-4H3. The first-order valence-corrected chi connectivity index (χ1v) is 11.2. The molecule has 0 aliphatic carbocycles. The maximum atomic E-state index is 12.0. The van der Waals surface area contributed by atoms with E-state index in [4.69, 9.17) is 4.74 Å². The van der Waals surface area contributed by atoms with Gasteiger partial charge in [-0.05, 0) is 18.1 Å². The number of carbonyl (C=O) groups is 1. The van der Waals surface area contributed by atoms with Crippen LogP contribution >= 0.6 is 0 Å². The Bertz CT molecular complexity index is 881. The summed E-state index contributed by atoms with van der Waals surface area (Å²) in [6.07, 6.45) is 0.304. The van der Waals surface area contributed by atoms with E-state index in [1.807, 2.05) is 12.1 Å². The molecular formula is C20H23NO2Si. The van der Waals surface area contributed by atoms with Gasteiger partial charge in [0.15, 0.2) is 0 Å². The summed E-state index contributed by atoms with van der Waals surface area (Å²) in [6.45, 7) is 6.74. The molecule has 0 fully saturated rings. The van der Waals surface area contributed by atoms with Gasteiger partial charge in [0.1, 0.15) is 8.07 Å². The van der Waals surface area contributed by atoms with Crippen molar-refractivity contribution in [2.75, 3.05) is 7.11 Å². The number of benzene rings is 2. The molecule has 0 aliphatic rings. The lowest BCUT2D eigenvalue weighted by Gasteiger charge is -2.23. The van der Waals surface area contributed by atoms with Gasteiger partial charge < -0.3 is 9.72 Å². The molecule has 0 bridgehead atoms. The number of ether oxygens (including phenoxy) is 1. The van der Waals surface area contributed by atoms with Crippen LogP contribution in [0.5, 0.6) is 0 Å². The predicted molar refractivity (Wildman–Crippen MR) is 102 cm³/mol. The van der Waals surface area contributed by atoms with Crippen molar-refractivity contribution in [1.29, 1.82) is 0 Å². The van der Waals surface area contributed by atoms with Crippen LogP contribution < -0.4 is 10.5 Å². The zero-order valence-corrected chi connectivity index (χ0v) is 15.6. The van der Waals surface area contributed by atoms with E-state index in [2.05, 4.69) is 61.4 Å². The maximum Gasteiger partial charge on any atom is 0.310 e. The number of H-pyrrole nitrogens is 1. The highest BCUT2D eigenvalue weighted by Gasteiger charge is 2.32. The van der Waals surface area contributed by atoms with Gasteiger partial charge in [-0.3, -0.25) is 4.79 Å². The molecule has 2 aromatic carbocycles. The lowest BCUT2D eigenvalue weighted by atomic mass is 10.1. The van der Waals surface area contributed by atoms with E-state index in [-0.39, 0.29) is 5.97 Å². The zero-order valence-electron chi connectivity index (χ0n) is 14.6. The zero-order chi connectivity index (χ0) is 17.3. The van der Waals surface area contributed by atoms with Gasteiger partial charge >= 0.3 is 5.97 Å². The highest BCUT2D eigenvalue weighted by atomic mass is 28.3. The molecule has 0 atom stereocenters. The maximum absolute atomic E-state index is 12.0. The van der Waals surface area contributed by atoms with Crippen LogP contribution in [0.25, 0.3) is 10.9 Å². The molecule has 0 radical (unpaired) electrons. The molecule has 4 heteroatoms. The van der Waals surface area contributed by atoms with Crippen molar-refractivity contribution in [3.05, 3.63) is 59.7 Å². The molecular weight excluding hydrogens is 314 g/mol. The van der Waals surface area contributed by atoms with Gasteiger partial charge in [-0.1, -0.05) is 66.8 Å². The number of para-hydroxylation sites is 1. The Balaban J connectivity index is 2.25. The summed E-state index contributed by atoms with van der Waals surface area (Å²) in [4.78, 5) is 15.7. The van der Waals surface area contributed by atoms with Crippen molar-refractivity contribution in [3.8, 4) is 0 Å². The van der Waals surface area contributed by atoms with Crippen molar-refractivity contribution in [1.82, 2.24) is 4.98 Å². The number of rotatable bonds is 4. The molecule has 0 aliphatic heterocycles. The predicted octanol–water partition coefficient (Wildman–Crippen LogP) is 3.01. The molecule has 3 nitrogen and oxygen atoms in total. The van der Waals surface area contributed by atoms with Crippen LogP contribution in [0.1, 0.15) is 11.1 Å². The second-order valence-corrected chi connectivity index (χ2v) is 11.0. The average Bonchev–Trinajstić information content (AvgIpc) is 2.96. The SMILES string of the molecule is COC(=O)Cc1c([Si](C)(C)c2ccccc2)[nH]c2c(C)cccc12. The lowest BCUT2D eigenvalue weighted by molar-refractivity contribution is -0.139. The highest BCUT2D eigenvalue weighted by molar-refractivity contribution is 7.00. The Labute approximate surface area is 143 Å². The molecule has 1 N–H and O–H groups in total. The Morgan fingerprint density at radius 3 is 2.46 bits per heavy atom. The van der Waals surface area contributed by atoms with Crippen LogP contribution in [0.4, 0.5) is 0 Å². The second-order valence-electron chi connectivity index (χ2n) is 6.72. The summed E-state index contributed by atoms with van der Waals surface area (Å²) in [5.74, 6) is -0.198. The third-order valence-corrected chi connectivity index (χ3v) is 8.27. The van der Waals surface area contributed by atoms with Crippen LogP contribution in [-0.2, 0) is 16.0 Å². The number of carbonyl (C=O) groups excluding carboxylic acids is 1. The van der Waals surface area contributed by atoms with Gasteiger partial charge in [-0.2, -0.15) is 0 Å². The Morgan fingerprint density at radius 2 is 1.79 bits per heavy atom. The first kappa shape index (κ1) is 16.5. The van der Waals surface area contributed by atoms with Crippen molar-refractivity contribution in [2.24, 2.45) is 0 Å². The van der Waals surface area contributed by atoms with Crippen molar-refractivity contribution in [3.63, 3.8) is 0 Å². The third kappa shape index (κ3) is 2.78. The first-order chi connectivity index (χ1) is 11.4. The van der Waals surface area contributed by atoms with Crippen molar-refractivity contribution in [2.45, 2.75) is 26.4 Å². The Kier molecular flexibility index (Phi) is 4.33. The van der Waals surface area contributed by atoms with Crippen LogP contribution in [0.2, 0.25) is 13.1 Å². The normalized spacial score (nSPS) is 11.7. The summed E-state index contributed by atoms with van der Waals surface area (Å²) in [6, 6.07) is 16.8. The van der Waals surface area contributed by atoms with Crippen LogP contribution in [0.3, 0.4) is 0 Å². The number of aromatic amines is 1. The molecule has 0 spiro atoms. The smallest absolute Gasteiger partial charge is 0.310 e. The molecule has 124 valence electrons. The average molecular weight is 337 g/mol. The summed E-state index contributed by atoms with van der Waals surface area (Å²) in [5, 5.41) is 3.69. The summed E-state index contributed by atoms with van der Waals surface area (Å²) in [5.41, 5.74) is 3.41. The van der Waals surface area contributed by atoms with E-state index < -0.39 is 8.07 Å². The fourth-order valence-electron chi connectivity index (χ4n) is 3.35. The van der Waals surface area contributed by atoms with Gasteiger partial charge in [-0.25, -0.2) is 0 Å². The van der Waals surface area contributed by atoms with Gasteiger partial charge in [0.25, 0.3) is 0 Å².